The van der Waals surface area contributed by atoms with Gasteiger partial charge in [0.05, 0.1) is 22.9 Å². The first kappa shape index (κ1) is 21.6. The largest absolute Gasteiger partial charge is 0.340 e. The number of hydrogen-bond acceptors (Lipinski definition) is 7. The molecule has 1 atom stereocenters. The minimum atomic E-state index is -0.529. The maximum Gasteiger partial charge on any atom is 0.269 e. The summed E-state index contributed by atoms with van der Waals surface area (Å²) < 4.78 is 0. The standard InChI is InChI=1S/C20H26N6O4/c1-3-19(27)24-12-10-23(11-13-24)9-8-21-14-18-15(2)22-25(20(18)28)16-4-6-17(7-5-16)26(29)30/h4-7,14,18H,3,8-13H2,1-2H3. The summed E-state index contributed by atoms with van der Waals surface area (Å²) in [5, 5.41) is 16.3. The molecule has 0 aromatic heterocycles. The lowest BCUT2D eigenvalue weighted by molar-refractivity contribution is -0.384. The van der Waals surface area contributed by atoms with Crippen LogP contribution in [0.25, 0.3) is 0 Å². The van der Waals surface area contributed by atoms with Crippen LogP contribution in [0.3, 0.4) is 0 Å². The molecule has 1 fully saturated rings. The summed E-state index contributed by atoms with van der Waals surface area (Å²) in [7, 11) is 0. The first-order valence-corrected chi connectivity index (χ1v) is 10.0. The number of benzene rings is 1. The Morgan fingerprint density at radius 3 is 2.53 bits per heavy atom. The summed E-state index contributed by atoms with van der Waals surface area (Å²) in [6, 6.07) is 5.72. The highest BCUT2D eigenvalue weighted by molar-refractivity contribution is 6.23. The van der Waals surface area contributed by atoms with Crippen LogP contribution in [0.1, 0.15) is 20.3 Å². The SMILES string of the molecule is CCC(=O)N1CCN(CCN=CC2C(=O)N(c3ccc([N+](=O)[O-])cc3)N=C2C)CC1. The monoisotopic (exact) mass is 414 g/mol. The van der Waals surface area contributed by atoms with Gasteiger partial charge in [0.2, 0.25) is 5.91 Å². The molecular formula is C20H26N6O4. The van der Waals surface area contributed by atoms with Gasteiger partial charge >= 0.3 is 0 Å². The Bertz CT molecular complexity index is 859. The van der Waals surface area contributed by atoms with E-state index in [-0.39, 0.29) is 17.5 Å². The van der Waals surface area contributed by atoms with Crippen molar-refractivity contribution in [3.8, 4) is 0 Å². The molecule has 160 valence electrons. The fourth-order valence-electron chi connectivity index (χ4n) is 3.48. The van der Waals surface area contributed by atoms with Gasteiger partial charge < -0.3 is 4.90 Å². The van der Waals surface area contributed by atoms with Crippen molar-refractivity contribution in [1.82, 2.24) is 9.80 Å². The van der Waals surface area contributed by atoms with Crippen LogP contribution in [0.5, 0.6) is 0 Å². The van der Waals surface area contributed by atoms with Gasteiger partial charge in [-0.25, -0.2) is 0 Å². The Morgan fingerprint density at radius 2 is 1.93 bits per heavy atom. The molecule has 1 unspecified atom stereocenters. The molecule has 30 heavy (non-hydrogen) atoms. The highest BCUT2D eigenvalue weighted by Gasteiger charge is 2.33. The number of hydrogen-bond donors (Lipinski definition) is 0. The summed E-state index contributed by atoms with van der Waals surface area (Å²) in [5.41, 5.74) is 1.08. The maximum atomic E-state index is 12.7. The van der Waals surface area contributed by atoms with E-state index in [9.17, 15) is 19.7 Å². The predicted octanol–water partition coefficient (Wildman–Crippen LogP) is 1.56. The first-order chi connectivity index (χ1) is 14.4. The van der Waals surface area contributed by atoms with Gasteiger partial charge in [0, 0.05) is 57.5 Å². The number of rotatable bonds is 7. The van der Waals surface area contributed by atoms with Gasteiger partial charge in [-0.3, -0.25) is 29.6 Å². The molecule has 10 nitrogen and oxygen atoms in total. The van der Waals surface area contributed by atoms with Gasteiger partial charge in [0.15, 0.2) is 0 Å². The van der Waals surface area contributed by atoms with E-state index in [1.807, 2.05) is 11.8 Å². The van der Waals surface area contributed by atoms with Crippen LogP contribution in [0.4, 0.5) is 11.4 Å². The zero-order valence-electron chi connectivity index (χ0n) is 17.2. The molecule has 2 heterocycles. The molecule has 0 radical (unpaired) electrons. The van der Waals surface area contributed by atoms with Crippen molar-refractivity contribution in [2.75, 3.05) is 44.3 Å². The van der Waals surface area contributed by atoms with Crippen molar-refractivity contribution in [2.45, 2.75) is 20.3 Å². The van der Waals surface area contributed by atoms with E-state index in [2.05, 4.69) is 15.0 Å². The number of nitrogens with zero attached hydrogens (tertiary/aromatic N) is 6. The average molecular weight is 414 g/mol. The van der Waals surface area contributed by atoms with E-state index in [0.29, 0.717) is 24.4 Å². The molecule has 0 saturated carbocycles. The molecule has 2 aliphatic heterocycles. The van der Waals surface area contributed by atoms with Crippen LogP contribution in [0.2, 0.25) is 0 Å². The topological polar surface area (TPSA) is 112 Å². The molecule has 0 N–H and O–H groups in total. The Morgan fingerprint density at radius 1 is 1.27 bits per heavy atom. The summed E-state index contributed by atoms with van der Waals surface area (Å²) in [4.78, 5) is 43.3. The average Bonchev–Trinajstić information content (AvgIpc) is 3.04. The van der Waals surface area contributed by atoms with Crippen LogP contribution in [-0.4, -0.2) is 77.7 Å². The van der Waals surface area contributed by atoms with Gasteiger partial charge in [-0.2, -0.15) is 10.1 Å². The lowest BCUT2D eigenvalue weighted by Gasteiger charge is -2.34. The van der Waals surface area contributed by atoms with Crippen molar-refractivity contribution in [2.24, 2.45) is 16.0 Å². The number of nitro benzene ring substituents is 1. The third-order valence-electron chi connectivity index (χ3n) is 5.31. The number of piperazine rings is 1. The van der Waals surface area contributed by atoms with E-state index in [4.69, 9.17) is 0 Å². The predicted molar refractivity (Wildman–Crippen MR) is 114 cm³/mol. The van der Waals surface area contributed by atoms with Crippen molar-refractivity contribution in [3.05, 3.63) is 34.4 Å². The molecule has 1 aromatic carbocycles. The Kier molecular flexibility index (Phi) is 6.88. The number of carbonyl (C=O) groups excluding carboxylic acids is 2. The lowest BCUT2D eigenvalue weighted by atomic mass is 10.1. The van der Waals surface area contributed by atoms with Crippen LogP contribution in [0.15, 0.2) is 34.4 Å². The van der Waals surface area contributed by atoms with Crippen molar-refractivity contribution in [3.63, 3.8) is 0 Å². The first-order valence-electron chi connectivity index (χ1n) is 10.0. The zero-order chi connectivity index (χ0) is 21.7. The summed E-state index contributed by atoms with van der Waals surface area (Å²) >= 11 is 0. The van der Waals surface area contributed by atoms with Gasteiger partial charge in [-0.05, 0) is 19.1 Å². The number of aliphatic imine (C=N–C) groups is 1. The number of carbonyl (C=O) groups is 2. The minimum Gasteiger partial charge on any atom is -0.340 e. The van der Waals surface area contributed by atoms with Gasteiger partial charge in [-0.15, -0.1) is 0 Å². The fourth-order valence-corrected chi connectivity index (χ4v) is 3.48. The van der Waals surface area contributed by atoms with Gasteiger partial charge in [0.25, 0.3) is 11.6 Å². The highest BCUT2D eigenvalue weighted by atomic mass is 16.6. The third-order valence-corrected chi connectivity index (χ3v) is 5.31. The Hall–Kier alpha value is -3.14. The van der Waals surface area contributed by atoms with Crippen molar-refractivity contribution >= 4 is 35.1 Å². The van der Waals surface area contributed by atoms with Gasteiger partial charge in [-0.1, -0.05) is 6.92 Å². The van der Waals surface area contributed by atoms with E-state index in [0.717, 1.165) is 32.7 Å². The number of hydrazone groups is 1. The number of anilines is 1. The van der Waals surface area contributed by atoms with Crippen molar-refractivity contribution in [1.29, 1.82) is 0 Å². The van der Waals surface area contributed by atoms with E-state index in [1.54, 1.807) is 13.1 Å². The smallest absolute Gasteiger partial charge is 0.269 e. The second-order valence-corrected chi connectivity index (χ2v) is 7.27. The Labute approximate surface area is 175 Å². The number of nitro groups is 1. The number of non-ortho nitro benzene ring substituents is 1. The van der Waals surface area contributed by atoms with E-state index < -0.39 is 10.8 Å². The zero-order valence-corrected chi connectivity index (χ0v) is 17.2. The molecule has 0 spiro atoms. The quantitative estimate of drug-likeness (QED) is 0.382. The van der Waals surface area contributed by atoms with Crippen molar-refractivity contribution < 1.29 is 14.5 Å². The number of amides is 2. The normalized spacial score (nSPS) is 20.1. The second kappa shape index (κ2) is 9.57. The van der Waals surface area contributed by atoms with Crippen LogP contribution in [-0.2, 0) is 9.59 Å². The molecule has 2 amide bonds. The summed E-state index contributed by atoms with van der Waals surface area (Å²) in [5.74, 6) is -0.559. The molecule has 1 saturated heterocycles. The second-order valence-electron chi connectivity index (χ2n) is 7.27. The summed E-state index contributed by atoms with van der Waals surface area (Å²) in [6.07, 6.45) is 2.17. The summed E-state index contributed by atoms with van der Waals surface area (Å²) in [6.45, 7) is 8.13. The van der Waals surface area contributed by atoms with Crippen LogP contribution in [0, 0.1) is 16.0 Å². The third kappa shape index (κ3) is 4.88. The fraction of sp³-hybridized carbons (Fsp3) is 0.500. The molecule has 10 heteroatoms. The maximum absolute atomic E-state index is 12.7. The molecular weight excluding hydrogens is 388 g/mol. The van der Waals surface area contributed by atoms with Crippen LogP contribution < -0.4 is 5.01 Å². The van der Waals surface area contributed by atoms with E-state index in [1.165, 1.54) is 29.3 Å². The molecule has 3 rings (SSSR count). The molecule has 2 aliphatic rings. The minimum absolute atomic E-state index is 0.0379. The molecule has 0 aliphatic carbocycles. The van der Waals surface area contributed by atoms with E-state index >= 15 is 0 Å². The Balaban J connectivity index is 1.49. The van der Waals surface area contributed by atoms with Gasteiger partial charge in [0.1, 0.15) is 5.92 Å². The molecule has 1 aromatic rings. The lowest BCUT2D eigenvalue weighted by Crippen LogP contribution is -2.49. The van der Waals surface area contributed by atoms with Crippen LogP contribution >= 0.6 is 0 Å². The highest BCUT2D eigenvalue weighted by Crippen LogP contribution is 2.25. The molecule has 0 bridgehead atoms.